The fourth-order valence-electron chi connectivity index (χ4n) is 8.08. The van der Waals surface area contributed by atoms with Crippen LogP contribution in [-0.4, -0.2) is 25.6 Å². The fraction of sp³-hybridized carbons (Fsp3) is 0.600. The Hall–Kier alpha value is -2.82. The zero-order valence-electron chi connectivity index (χ0n) is 24.5. The van der Waals surface area contributed by atoms with Gasteiger partial charge in [-0.25, -0.2) is 4.79 Å². The predicted molar refractivity (Wildman–Crippen MR) is 160 cm³/mol. The second-order valence-corrected chi connectivity index (χ2v) is 12.8. The highest BCUT2D eigenvalue weighted by molar-refractivity contribution is 6.04. The zero-order valence-corrected chi connectivity index (χ0v) is 24.5. The lowest BCUT2D eigenvalue weighted by molar-refractivity contribution is -0.00641. The van der Waals surface area contributed by atoms with Crippen molar-refractivity contribution in [3.8, 4) is 5.75 Å². The predicted octanol–water partition coefficient (Wildman–Crippen LogP) is 8.71. The number of amides is 1. The van der Waals surface area contributed by atoms with Crippen LogP contribution in [0.3, 0.4) is 0 Å². The molecule has 2 aromatic carbocycles. The standard InChI is InChI=1S/C35H47NO4/c1-3-4-5-6-7-8-9-10-17-40-32-16-13-29(33(37)36-30-14-11-28(12-15-30)34(38)39-2)21-31(32)35-22-25-18-26(23-35)20-27(19-25)24-35/h11-16,21,25-27H,3-10,17-20,22-24H2,1-2H3,(H,36,37). The first kappa shape index (κ1) is 28.7. The molecule has 2 aromatic rings. The number of nitrogens with one attached hydrogen (secondary N) is 1. The number of carbonyl (C=O) groups is 2. The molecule has 0 unspecified atom stereocenters. The Bertz CT molecular complexity index is 1120. The van der Waals surface area contributed by atoms with E-state index in [4.69, 9.17) is 9.47 Å². The summed E-state index contributed by atoms with van der Waals surface area (Å²) in [7, 11) is 1.36. The van der Waals surface area contributed by atoms with Crippen LogP contribution < -0.4 is 10.1 Å². The number of anilines is 1. The minimum Gasteiger partial charge on any atom is -0.493 e. The first-order chi connectivity index (χ1) is 19.5. The molecule has 5 heteroatoms. The maximum atomic E-state index is 13.4. The minimum atomic E-state index is -0.388. The molecule has 0 aliphatic heterocycles. The molecule has 5 nitrogen and oxygen atoms in total. The number of rotatable bonds is 14. The molecule has 0 heterocycles. The molecule has 0 saturated heterocycles. The Morgan fingerprint density at radius 3 is 1.98 bits per heavy atom. The summed E-state index contributed by atoms with van der Waals surface area (Å²) in [6, 6.07) is 12.9. The third-order valence-corrected chi connectivity index (χ3v) is 9.67. The van der Waals surface area contributed by atoms with E-state index in [2.05, 4.69) is 18.3 Å². The number of unbranched alkanes of at least 4 members (excludes halogenated alkanes) is 7. The lowest BCUT2D eigenvalue weighted by atomic mass is 9.48. The number of hydrogen-bond donors (Lipinski definition) is 1. The van der Waals surface area contributed by atoms with Crippen LogP contribution in [-0.2, 0) is 10.2 Å². The third kappa shape index (κ3) is 6.72. The Kier molecular flexibility index (Phi) is 9.49. The maximum absolute atomic E-state index is 13.4. The molecule has 0 atom stereocenters. The van der Waals surface area contributed by atoms with Crippen molar-refractivity contribution in [3.63, 3.8) is 0 Å². The normalized spacial score (nSPS) is 24.6. The van der Waals surface area contributed by atoms with Crippen molar-refractivity contribution in [2.75, 3.05) is 19.0 Å². The van der Waals surface area contributed by atoms with Crippen molar-refractivity contribution in [2.24, 2.45) is 17.8 Å². The molecule has 0 radical (unpaired) electrons. The van der Waals surface area contributed by atoms with E-state index in [9.17, 15) is 9.59 Å². The van der Waals surface area contributed by atoms with E-state index < -0.39 is 0 Å². The van der Waals surface area contributed by atoms with Crippen LogP contribution in [0.4, 0.5) is 5.69 Å². The fourth-order valence-corrected chi connectivity index (χ4v) is 8.08. The van der Waals surface area contributed by atoms with E-state index in [0.29, 0.717) is 16.8 Å². The first-order valence-corrected chi connectivity index (χ1v) is 15.8. The summed E-state index contributed by atoms with van der Waals surface area (Å²) in [6.07, 6.45) is 18.1. The van der Waals surface area contributed by atoms with Crippen molar-refractivity contribution < 1.29 is 19.1 Å². The van der Waals surface area contributed by atoms with Gasteiger partial charge in [-0.15, -0.1) is 0 Å². The van der Waals surface area contributed by atoms with Gasteiger partial charge in [-0.1, -0.05) is 51.9 Å². The number of methoxy groups -OCH3 is 1. The van der Waals surface area contributed by atoms with E-state index in [1.165, 1.54) is 96.1 Å². The van der Waals surface area contributed by atoms with Crippen LogP contribution in [0.2, 0.25) is 0 Å². The molecule has 1 N–H and O–H groups in total. The molecule has 4 aliphatic carbocycles. The van der Waals surface area contributed by atoms with Gasteiger partial charge in [-0.3, -0.25) is 4.79 Å². The average molecular weight is 546 g/mol. The molecular formula is C35H47NO4. The lowest BCUT2D eigenvalue weighted by Gasteiger charge is -2.57. The Morgan fingerprint density at radius 2 is 1.38 bits per heavy atom. The van der Waals surface area contributed by atoms with Gasteiger partial charge in [-0.2, -0.15) is 0 Å². The van der Waals surface area contributed by atoms with Crippen LogP contribution in [0, 0.1) is 17.8 Å². The molecule has 216 valence electrons. The quantitative estimate of drug-likeness (QED) is 0.190. The van der Waals surface area contributed by atoms with Gasteiger partial charge in [0, 0.05) is 16.8 Å². The van der Waals surface area contributed by atoms with Crippen LogP contribution in [0.15, 0.2) is 42.5 Å². The zero-order chi connectivity index (χ0) is 28.0. The Labute approximate surface area is 240 Å². The molecular weight excluding hydrogens is 498 g/mol. The SMILES string of the molecule is CCCCCCCCCCOc1ccc(C(=O)Nc2ccc(C(=O)OC)cc2)cc1C12CC3CC(CC(C3)C1)C2. The minimum absolute atomic E-state index is 0.133. The molecule has 40 heavy (non-hydrogen) atoms. The van der Waals surface area contributed by atoms with Gasteiger partial charge in [0.2, 0.25) is 0 Å². The molecule has 4 fully saturated rings. The van der Waals surface area contributed by atoms with Crippen molar-refractivity contribution in [1.29, 1.82) is 0 Å². The third-order valence-electron chi connectivity index (χ3n) is 9.67. The largest absolute Gasteiger partial charge is 0.493 e. The summed E-state index contributed by atoms with van der Waals surface area (Å²) in [5, 5.41) is 3.02. The second-order valence-electron chi connectivity index (χ2n) is 12.8. The van der Waals surface area contributed by atoms with Gasteiger partial charge < -0.3 is 14.8 Å². The van der Waals surface area contributed by atoms with Crippen LogP contribution in [0.25, 0.3) is 0 Å². The number of esters is 1. The summed E-state index contributed by atoms with van der Waals surface area (Å²) in [5.74, 6) is 2.92. The van der Waals surface area contributed by atoms with Gasteiger partial charge in [0.15, 0.2) is 0 Å². The molecule has 0 spiro atoms. The van der Waals surface area contributed by atoms with E-state index in [0.717, 1.165) is 36.5 Å². The van der Waals surface area contributed by atoms with E-state index in [1.54, 1.807) is 24.3 Å². The van der Waals surface area contributed by atoms with Gasteiger partial charge in [-0.05, 0) is 111 Å². The highest BCUT2D eigenvalue weighted by Crippen LogP contribution is 2.62. The summed E-state index contributed by atoms with van der Waals surface area (Å²) in [5.41, 5.74) is 3.19. The highest BCUT2D eigenvalue weighted by Gasteiger charge is 2.52. The summed E-state index contributed by atoms with van der Waals surface area (Å²) in [6.45, 7) is 3.01. The number of carbonyl (C=O) groups excluding carboxylic acids is 2. The maximum Gasteiger partial charge on any atom is 0.337 e. The smallest absolute Gasteiger partial charge is 0.337 e. The summed E-state index contributed by atoms with van der Waals surface area (Å²) < 4.78 is 11.3. The van der Waals surface area contributed by atoms with Crippen LogP contribution in [0.5, 0.6) is 5.75 Å². The number of hydrogen-bond acceptors (Lipinski definition) is 4. The number of benzene rings is 2. The molecule has 0 aromatic heterocycles. The molecule has 4 bridgehead atoms. The second kappa shape index (κ2) is 13.2. The van der Waals surface area contributed by atoms with Crippen LogP contribution in [0.1, 0.15) is 123 Å². The van der Waals surface area contributed by atoms with Crippen LogP contribution >= 0.6 is 0 Å². The molecule has 1 amide bonds. The summed E-state index contributed by atoms with van der Waals surface area (Å²) in [4.78, 5) is 25.1. The summed E-state index contributed by atoms with van der Waals surface area (Å²) >= 11 is 0. The van der Waals surface area contributed by atoms with Gasteiger partial charge >= 0.3 is 5.97 Å². The van der Waals surface area contributed by atoms with E-state index in [1.807, 2.05) is 12.1 Å². The van der Waals surface area contributed by atoms with Crippen molar-refractivity contribution >= 4 is 17.6 Å². The van der Waals surface area contributed by atoms with Crippen molar-refractivity contribution in [1.82, 2.24) is 0 Å². The lowest BCUT2D eigenvalue weighted by Crippen LogP contribution is -2.48. The Balaban J connectivity index is 1.28. The Morgan fingerprint density at radius 1 is 0.800 bits per heavy atom. The molecule has 6 rings (SSSR count). The molecule has 4 aliphatic rings. The highest BCUT2D eigenvalue weighted by atomic mass is 16.5. The molecule has 4 saturated carbocycles. The van der Waals surface area contributed by atoms with E-state index in [-0.39, 0.29) is 17.3 Å². The van der Waals surface area contributed by atoms with Gasteiger partial charge in [0.25, 0.3) is 5.91 Å². The van der Waals surface area contributed by atoms with Crippen molar-refractivity contribution in [2.45, 2.75) is 102 Å². The topological polar surface area (TPSA) is 64.6 Å². The van der Waals surface area contributed by atoms with E-state index >= 15 is 0 Å². The van der Waals surface area contributed by atoms with Crippen molar-refractivity contribution in [3.05, 3.63) is 59.2 Å². The average Bonchev–Trinajstić information content (AvgIpc) is 2.95. The monoisotopic (exact) mass is 545 g/mol. The number of ether oxygens (including phenoxy) is 2. The van der Waals surface area contributed by atoms with Gasteiger partial charge in [0.1, 0.15) is 5.75 Å². The first-order valence-electron chi connectivity index (χ1n) is 15.8. The van der Waals surface area contributed by atoms with Gasteiger partial charge in [0.05, 0.1) is 19.3 Å².